The highest BCUT2D eigenvalue weighted by Crippen LogP contribution is 2.82. The number of benzene rings is 3. The molecule has 5 aliphatic rings. The minimum Gasteiger partial charge on any atom is -0.369 e. The summed E-state index contributed by atoms with van der Waals surface area (Å²) >= 11 is 0. The van der Waals surface area contributed by atoms with Crippen LogP contribution in [0.2, 0.25) is 0 Å². The fraction of sp³-hybridized carbons (Fsp3) is 0.455. The molecule has 3 aliphatic carbocycles. The summed E-state index contributed by atoms with van der Waals surface area (Å²) in [5.41, 5.74) is 8.91. The van der Waals surface area contributed by atoms with Gasteiger partial charge in [0.25, 0.3) is 0 Å². The molecule has 1 saturated carbocycles. The first-order valence-electron chi connectivity index (χ1n) is 14.2. The lowest BCUT2D eigenvalue weighted by Gasteiger charge is -2.66. The lowest BCUT2D eigenvalue weighted by Crippen LogP contribution is -2.62. The second-order valence-electron chi connectivity index (χ2n) is 12.2. The summed E-state index contributed by atoms with van der Waals surface area (Å²) in [7, 11) is 0. The van der Waals surface area contributed by atoms with Gasteiger partial charge in [0.15, 0.2) is 0 Å². The van der Waals surface area contributed by atoms with Crippen LogP contribution in [0.5, 0.6) is 0 Å². The summed E-state index contributed by atoms with van der Waals surface area (Å²) in [5.74, 6) is 1.39. The Balaban J connectivity index is 0.908. The molecule has 36 heavy (non-hydrogen) atoms. The second-order valence-corrected chi connectivity index (χ2v) is 12.2. The minimum absolute atomic E-state index is 0.411. The highest BCUT2D eigenvalue weighted by Gasteiger charge is 2.75. The van der Waals surface area contributed by atoms with Crippen LogP contribution in [0.3, 0.4) is 0 Å². The average molecular weight is 476 g/mol. The van der Waals surface area contributed by atoms with Crippen LogP contribution in [0.15, 0.2) is 78.9 Å². The normalized spacial score (nSPS) is 32.4. The van der Waals surface area contributed by atoms with Crippen LogP contribution in [0.4, 0.5) is 5.69 Å². The van der Waals surface area contributed by atoms with Crippen LogP contribution in [0.25, 0.3) is 0 Å². The Hall–Kier alpha value is -2.62. The number of nitrogens with zero attached hydrogens (tertiary/aromatic N) is 3. The zero-order valence-corrected chi connectivity index (χ0v) is 21.3. The SMILES string of the molecule is c1ccc(N2CCN(CCCN3CCC4(C3)CC35c6ccccc6C3c3ccccc3C45)CC2)cc1. The van der Waals surface area contributed by atoms with Crippen molar-refractivity contribution in [3.8, 4) is 0 Å². The molecule has 0 bridgehead atoms. The van der Waals surface area contributed by atoms with Crippen molar-refractivity contribution in [1.82, 2.24) is 9.80 Å². The molecule has 0 radical (unpaired) electrons. The predicted octanol–water partition coefficient (Wildman–Crippen LogP) is 5.48. The van der Waals surface area contributed by atoms with Crippen molar-refractivity contribution in [1.29, 1.82) is 0 Å². The standard InChI is InChI=1S/C33H37N3/c1-2-9-25(10-3-1)36-21-19-34(20-22-36)16-8-17-35-18-15-32(24-35)23-33-29-14-7-6-13-28(29)30(33)26-11-4-5-12-27(26)31(32)33/h1-7,9-14,30-31H,8,15-24H2. The fourth-order valence-electron chi connectivity index (χ4n) is 9.28. The predicted molar refractivity (Wildman–Crippen MR) is 147 cm³/mol. The van der Waals surface area contributed by atoms with Crippen molar-refractivity contribution in [2.75, 3.05) is 57.3 Å². The van der Waals surface area contributed by atoms with Crippen LogP contribution < -0.4 is 4.90 Å². The van der Waals surface area contributed by atoms with Gasteiger partial charge in [-0.2, -0.15) is 0 Å². The van der Waals surface area contributed by atoms with Gasteiger partial charge in [-0.25, -0.2) is 0 Å². The van der Waals surface area contributed by atoms with Crippen molar-refractivity contribution < 1.29 is 0 Å². The van der Waals surface area contributed by atoms with Crippen LogP contribution in [0, 0.1) is 5.41 Å². The number of fused-ring (bicyclic) bond motifs is 6. The van der Waals surface area contributed by atoms with Gasteiger partial charge < -0.3 is 9.80 Å². The molecule has 4 atom stereocenters. The number of para-hydroxylation sites is 1. The maximum Gasteiger partial charge on any atom is 0.0367 e. The Morgan fingerprint density at radius 3 is 2.19 bits per heavy atom. The molecule has 0 N–H and O–H groups in total. The van der Waals surface area contributed by atoms with Crippen molar-refractivity contribution in [2.24, 2.45) is 5.41 Å². The number of anilines is 1. The van der Waals surface area contributed by atoms with E-state index < -0.39 is 0 Å². The minimum atomic E-state index is 0.411. The number of hydrogen-bond acceptors (Lipinski definition) is 3. The van der Waals surface area contributed by atoms with Gasteiger partial charge in [0.2, 0.25) is 0 Å². The van der Waals surface area contributed by atoms with Gasteiger partial charge in [0.1, 0.15) is 0 Å². The Bertz CT molecular complexity index is 1280. The third-order valence-corrected chi connectivity index (χ3v) is 10.6. The highest BCUT2D eigenvalue weighted by molar-refractivity contribution is 5.68. The second kappa shape index (κ2) is 7.94. The summed E-state index contributed by atoms with van der Waals surface area (Å²) in [6, 6.07) is 29.7. The van der Waals surface area contributed by atoms with Crippen molar-refractivity contribution in [3.63, 3.8) is 0 Å². The Morgan fingerprint density at radius 2 is 1.36 bits per heavy atom. The number of likely N-dealkylation sites (tertiary alicyclic amines) is 1. The third kappa shape index (κ3) is 2.87. The molecule has 4 unspecified atom stereocenters. The van der Waals surface area contributed by atoms with E-state index in [2.05, 4.69) is 93.6 Å². The van der Waals surface area contributed by atoms with Gasteiger partial charge in [-0.3, -0.25) is 4.90 Å². The zero-order chi connectivity index (χ0) is 23.7. The molecule has 8 rings (SSSR count). The van der Waals surface area contributed by atoms with Crippen LogP contribution in [-0.4, -0.2) is 62.2 Å². The first-order chi connectivity index (χ1) is 17.8. The van der Waals surface area contributed by atoms with E-state index in [1.165, 1.54) is 64.2 Å². The molecule has 3 aromatic carbocycles. The van der Waals surface area contributed by atoms with Gasteiger partial charge in [-0.05, 0) is 78.7 Å². The van der Waals surface area contributed by atoms with Gasteiger partial charge in [0.05, 0.1) is 0 Å². The summed E-state index contributed by atoms with van der Waals surface area (Å²) in [5, 5.41) is 0. The van der Waals surface area contributed by atoms with E-state index in [1.54, 1.807) is 22.3 Å². The van der Waals surface area contributed by atoms with Crippen LogP contribution in [0.1, 0.15) is 53.4 Å². The third-order valence-electron chi connectivity index (χ3n) is 10.6. The molecular formula is C33H37N3. The summed E-state index contributed by atoms with van der Waals surface area (Å²) in [6.45, 7) is 9.82. The molecule has 2 aliphatic heterocycles. The Labute approximate surface area is 215 Å². The van der Waals surface area contributed by atoms with Gasteiger partial charge in [-0.1, -0.05) is 66.7 Å². The summed E-state index contributed by atoms with van der Waals surface area (Å²) < 4.78 is 0. The molecule has 3 nitrogen and oxygen atoms in total. The maximum atomic E-state index is 2.81. The molecular weight excluding hydrogens is 438 g/mol. The van der Waals surface area contributed by atoms with Crippen LogP contribution in [-0.2, 0) is 5.41 Å². The molecule has 184 valence electrons. The molecule has 2 heterocycles. The lowest BCUT2D eigenvalue weighted by atomic mass is 9.36. The van der Waals surface area contributed by atoms with Crippen molar-refractivity contribution in [3.05, 3.63) is 101 Å². The fourth-order valence-corrected chi connectivity index (χ4v) is 9.28. The summed E-state index contributed by atoms with van der Waals surface area (Å²) in [6.07, 6.45) is 4.09. The Morgan fingerprint density at radius 1 is 0.667 bits per heavy atom. The van der Waals surface area contributed by atoms with Gasteiger partial charge in [-0.15, -0.1) is 0 Å². The number of rotatable bonds is 5. The first-order valence-corrected chi connectivity index (χ1v) is 14.2. The van der Waals surface area contributed by atoms with E-state index in [9.17, 15) is 0 Å². The first kappa shape index (κ1) is 21.5. The quantitative estimate of drug-likeness (QED) is 0.484. The molecule has 0 amide bonds. The van der Waals surface area contributed by atoms with E-state index >= 15 is 0 Å². The Kier molecular flexibility index (Phi) is 4.73. The topological polar surface area (TPSA) is 9.72 Å². The van der Waals surface area contributed by atoms with Crippen molar-refractivity contribution >= 4 is 5.69 Å². The molecule has 0 aromatic heterocycles. The van der Waals surface area contributed by atoms with Gasteiger partial charge in [0, 0.05) is 55.7 Å². The number of piperazine rings is 1. The van der Waals surface area contributed by atoms with E-state index in [-0.39, 0.29) is 0 Å². The lowest BCUT2D eigenvalue weighted by molar-refractivity contribution is -0.0230. The zero-order valence-electron chi connectivity index (χ0n) is 21.3. The summed E-state index contributed by atoms with van der Waals surface area (Å²) in [4.78, 5) is 8.04. The molecule has 2 spiro atoms. The monoisotopic (exact) mass is 475 g/mol. The molecule has 3 fully saturated rings. The largest absolute Gasteiger partial charge is 0.369 e. The maximum absolute atomic E-state index is 2.81. The van der Waals surface area contributed by atoms with Gasteiger partial charge >= 0.3 is 0 Å². The van der Waals surface area contributed by atoms with Crippen LogP contribution >= 0.6 is 0 Å². The van der Waals surface area contributed by atoms with E-state index in [4.69, 9.17) is 0 Å². The molecule has 2 saturated heterocycles. The van der Waals surface area contributed by atoms with E-state index in [0.717, 1.165) is 19.0 Å². The smallest absolute Gasteiger partial charge is 0.0367 e. The number of hydrogen-bond donors (Lipinski definition) is 0. The van der Waals surface area contributed by atoms with Crippen molar-refractivity contribution in [2.45, 2.75) is 36.5 Å². The molecule has 3 heteroatoms. The highest BCUT2D eigenvalue weighted by atomic mass is 15.3. The average Bonchev–Trinajstić information content (AvgIpc) is 3.43. The van der Waals surface area contributed by atoms with E-state index in [0.29, 0.717) is 16.7 Å². The molecule has 3 aromatic rings. The van der Waals surface area contributed by atoms with E-state index in [1.807, 2.05) is 0 Å².